The van der Waals surface area contributed by atoms with Crippen molar-refractivity contribution < 1.29 is 9.84 Å². The van der Waals surface area contributed by atoms with Crippen LogP contribution in [0.3, 0.4) is 0 Å². The Bertz CT molecular complexity index is 469. The fourth-order valence-corrected chi connectivity index (χ4v) is 3.03. The minimum atomic E-state index is -0.661. The number of ether oxygens (including phenoxy) is 1. The molecule has 3 N–H and O–H groups in total. The Labute approximate surface area is 126 Å². The van der Waals surface area contributed by atoms with E-state index >= 15 is 0 Å². The highest BCUT2D eigenvalue weighted by molar-refractivity contribution is 5.63. The molecule has 1 heterocycles. The molecule has 0 amide bonds. The van der Waals surface area contributed by atoms with Crippen molar-refractivity contribution in [2.75, 3.05) is 30.8 Å². The van der Waals surface area contributed by atoms with Crippen LogP contribution < -0.4 is 15.4 Å². The van der Waals surface area contributed by atoms with Crippen molar-refractivity contribution in [3.05, 3.63) is 6.33 Å². The van der Waals surface area contributed by atoms with Crippen molar-refractivity contribution >= 4 is 11.6 Å². The molecular formula is C15H26N4O2. The fourth-order valence-electron chi connectivity index (χ4n) is 3.03. The van der Waals surface area contributed by atoms with E-state index < -0.39 is 5.60 Å². The van der Waals surface area contributed by atoms with Crippen molar-refractivity contribution in [3.8, 4) is 5.75 Å². The van der Waals surface area contributed by atoms with Gasteiger partial charge in [-0.25, -0.2) is 9.97 Å². The lowest BCUT2D eigenvalue weighted by atomic mass is 9.79. The molecule has 0 saturated heterocycles. The quantitative estimate of drug-likeness (QED) is 0.747. The molecule has 118 valence electrons. The van der Waals surface area contributed by atoms with Crippen LogP contribution in [0.15, 0.2) is 6.33 Å². The number of methoxy groups -OCH3 is 1. The maximum Gasteiger partial charge on any atom is 0.204 e. The van der Waals surface area contributed by atoms with Crippen LogP contribution in [-0.2, 0) is 0 Å². The molecule has 1 aliphatic carbocycles. The summed E-state index contributed by atoms with van der Waals surface area (Å²) in [6.45, 7) is 5.43. The normalized spacial score (nSPS) is 25.4. The summed E-state index contributed by atoms with van der Waals surface area (Å²) in [4.78, 5) is 8.40. The smallest absolute Gasteiger partial charge is 0.204 e. The molecule has 6 nitrogen and oxygen atoms in total. The maximum atomic E-state index is 10.7. The van der Waals surface area contributed by atoms with E-state index in [1.807, 2.05) is 6.92 Å². The third-order valence-corrected chi connectivity index (χ3v) is 4.00. The van der Waals surface area contributed by atoms with Crippen LogP contribution in [0.5, 0.6) is 5.75 Å². The molecule has 1 aromatic rings. The number of hydrogen-bond acceptors (Lipinski definition) is 6. The van der Waals surface area contributed by atoms with Gasteiger partial charge in [0.25, 0.3) is 0 Å². The largest absolute Gasteiger partial charge is 0.490 e. The number of anilines is 2. The van der Waals surface area contributed by atoms with E-state index in [0.29, 0.717) is 29.8 Å². The lowest BCUT2D eigenvalue weighted by Crippen LogP contribution is -2.41. The lowest BCUT2D eigenvalue weighted by molar-refractivity contribution is -0.000855. The van der Waals surface area contributed by atoms with Crippen molar-refractivity contribution in [1.82, 2.24) is 9.97 Å². The minimum Gasteiger partial charge on any atom is -0.490 e. The van der Waals surface area contributed by atoms with E-state index in [0.717, 1.165) is 25.8 Å². The Balaban J connectivity index is 2.07. The van der Waals surface area contributed by atoms with Crippen LogP contribution in [0.1, 0.15) is 39.5 Å². The topological polar surface area (TPSA) is 79.3 Å². The second-order valence-electron chi connectivity index (χ2n) is 5.91. The molecule has 0 spiro atoms. The summed E-state index contributed by atoms with van der Waals surface area (Å²) in [5.41, 5.74) is -0.661. The fraction of sp³-hybridized carbons (Fsp3) is 0.733. The van der Waals surface area contributed by atoms with Gasteiger partial charge < -0.3 is 20.5 Å². The van der Waals surface area contributed by atoms with Crippen molar-refractivity contribution in [2.45, 2.75) is 45.1 Å². The lowest BCUT2D eigenvalue weighted by Gasteiger charge is -2.35. The average Bonchev–Trinajstić information content (AvgIpc) is 2.45. The van der Waals surface area contributed by atoms with Crippen molar-refractivity contribution in [1.29, 1.82) is 0 Å². The molecular weight excluding hydrogens is 268 g/mol. The average molecular weight is 294 g/mol. The molecule has 0 bridgehead atoms. The number of hydrogen-bond donors (Lipinski definition) is 3. The molecule has 0 aliphatic heterocycles. The Kier molecular flexibility index (Phi) is 5.22. The van der Waals surface area contributed by atoms with Gasteiger partial charge in [-0.2, -0.15) is 0 Å². The van der Waals surface area contributed by atoms with E-state index in [4.69, 9.17) is 4.74 Å². The van der Waals surface area contributed by atoms with E-state index in [1.165, 1.54) is 12.7 Å². The Hall–Kier alpha value is -1.56. The molecule has 1 saturated carbocycles. The van der Waals surface area contributed by atoms with Crippen LogP contribution in [0, 0.1) is 5.92 Å². The summed E-state index contributed by atoms with van der Waals surface area (Å²) >= 11 is 0. The highest BCUT2D eigenvalue weighted by Crippen LogP contribution is 2.34. The predicted octanol–water partition coefficient (Wildman–Crippen LogP) is 2.27. The number of nitrogens with one attached hydrogen (secondary N) is 2. The van der Waals surface area contributed by atoms with Crippen LogP contribution in [0.2, 0.25) is 0 Å². The van der Waals surface area contributed by atoms with E-state index in [9.17, 15) is 5.11 Å². The second-order valence-corrected chi connectivity index (χ2v) is 5.91. The van der Waals surface area contributed by atoms with Gasteiger partial charge in [0.2, 0.25) is 5.75 Å². The highest BCUT2D eigenvalue weighted by Gasteiger charge is 2.32. The first kappa shape index (κ1) is 15.8. The second kappa shape index (κ2) is 6.93. The molecule has 0 radical (unpaired) electrons. The predicted molar refractivity (Wildman–Crippen MR) is 83.8 cm³/mol. The van der Waals surface area contributed by atoms with Crippen molar-refractivity contribution in [3.63, 3.8) is 0 Å². The minimum absolute atomic E-state index is 0.482. The number of aliphatic hydroxyl groups is 1. The summed E-state index contributed by atoms with van der Waals surface area (Å²) in [6.07, 6.45) is 5.42. The standard InChI is InChI=1S/C15H26N4O2/c1-4-16-13-12(21-3)14(19-10-18-13)17-9-15(20)7-5-6-11(2)8-15/h10-11,20H,4-9H2,1-3H3,(H2,16,17,18,19). The maximum absolute atomic E-state index is 10.7. The van der Waals surface area contributed by atoms with Gasteiger partial charge in [0, 0.05) is 13.1 Å². The Morgan fingerprint density at radius 3 is 2.71 bits per heavy atom. The van der Waals surface area contributed by atoms with Crippen LogP contribution >= 0.6 is 0 Å². The summed E-state index contributed by atoms with van der Waals surface area (Å²) in [5.74, 6) is 2.44. The number of nitrogens with zero attached hydrogens (tertiary/aromatic N) is 2. The zero-order valence-electron chi connectivity index (χ0n) is 13.1. The molecule has 21 heavy (non-hydrogen) atoms. The molecule has 1 aliphatic rings. The molecule has 2 atom stereocenters. The third-order valence-electron chi connectivity index (χ3n) is 4.00. The monoisotopic (exact) mass is 294 g/mol. The Morgan fingerprint density at radius 2 is 2.10 bits per heavy atom. The van der Waals surface area contributed by atoms with Gasteiger partial charge >= 0.3 is 0 Å². The van der Waals surface area contributed by atoms with Crippen LogP contribution in [-0.4, -0.2) is 40.9 Å². The SMILES string of the molecule is CCNc1ncnc(NCC2(O)CCCC(C)C2)c1OC. The first-order chi connectivity index (χ1) is 10.1. The van der Waals surface area contributed by atoms with E-state index in [-0.39, 0.29) is 0 Å². The van der Waals surface area contributed by atoms with E-state index in [1.54, 1.807) is 7.11 Å². The first-order valence-corrected chi connectivity index (χ1v) is 7.67. The molecule has 1 aromatic heterocycles. The van der Waals surface area contributed by atoms with E-state index in [2.05, 4.69) is 27.5 Å². The molecule has 6 heteroatoms. The number of rotatable bonds is 6. The van der Waals surface area contributed by atoms with Gasteiger partial charge in [-0.05, 0) is 25.7 Å². The van der Waals surface area contributed by atoms with Crippen molar-refractivity contribution in [2.24, 2.45) is 5.92 Å². The van der Waals surface area contributed by atoms with Gasteiger partial charge in [0.15, 0.2) is 11.6 Å². The molecule has 2 rings (SSSR count). The third kappa shape index (κ3) is 3.97. The van der Waals surface area contributed by atoms with Gasteiger partial charge in [-0.3, -0.25) is 0 Å². The van der Waals surface area contributed by atoms with Crippen LogP contribution in [0.4, 0.5) is 11.6 Å². The van der Waals surface area contributed by atoms with Crippen LogP contribution in [0.25, 0.3) is 0 Å². The zero-order valence-corrected chi connectivity index (χ0v) is 13.1. The summed E-state index contributed by atoms with van der Waals surface area (Å²) in [7, 11) is 1.60. The van der Waals surface area contributed by atoms with Gasteiger partial charge in [-0.1, -0.05) is 19.8 Å². The summed E-state index contributed by atoms with van der Waals surface area (Å²) in [5, 5.41) is 17.0. The summed E-state index contributed by atoms with van der Waals surface area (Å²) < 4.78 is 5.39. The molecule has 2 unspecified atom stereocenters. The molecule has 0 aromatic carbocycles. The highest BCUT2D eigenvalue weighted by atomic mass is 16.5. The van der Waals surface area contributed by atoms with Gasteiger partial charge in [-0.15, -0.1) is 0 Å². The summed E-state index contributed by atoms with van der Waals surface area (Å²) in [6, 6.07) is 0. The van der Waals surface area contributed by atoms with Gasteiger partial charge in [0.1, 0.15) is 6.33 Å². The number of aromatic nitrogens is 2. The van der Waals surface area contributed by atoms with Gasteiger partial charge in [0.05, 0.1) is 12.7 Å². The zero-order chi connectivity index (χ0) is 15.3. The Morgan fingerprint density at radius 1 is 1.38 bits per heavy atom. The molecule has 1 fully saturated rings. The first-order valence-electron chi connectivity index (χ1n) is 7.67.